The summed E-state index contributed by atoms with van der Waals surface area (Å²) in [5, 5.41) is 0. The Hall–Kier alpha value is -0.0400. The van der Waals surface area contributed by atoms with Crippen LogP contribution in [-0.4, -0.2) is 24.5 Å². The van der Waals surface area contributed by atoms with E-state index < -0.39 is 0 Å². The first kappa shape index (κ1) is 8.06. The Morgan fingerprint density at radius 3 is 1.90 bits per heavy atom. The van der Waals surface area contributed by atoms with Gasteiger partial charge in [-0.1, -0.05) is 20.8 Å². The minimum atomic E-state index is 0.509. The highest BCUT2D eigenvalue weighted by molar-refractivity contribution is 4.93. The number of hydrogen-bond donors (Lipinski definition) is 0. The molecule has 2 atom stereocenters. The zero-order valence-electron chi connectivity index (χ0n) is 7.81. The SMILES string of the molecule is CC1CN(C)C(C)C1(C)C. The third kappa shape index (κ3) is 0.968. The van der Waals surface area contributed by atoms with E-state index in [9.17, 15) is 0 Å². The topological polar surface area (TPSA) is 3.24 Å². The Labute approximate surface area is 64.4 Å². The second kappa shape index (κ2) is 2.23. The van der Waals surface area contributed by atoms with Gasteiger partial charge < -0.3 is 4.90 Å². The standard InChI is InChI=1S/C9H19N/c1-7-6-10(5)8(2)9(7,3)4/h7-8H,6H2,1-5H3. The average Bonchev–Trinajstić information content (AvgIpc) is 1.97. The number of hydrogen-bond acceptors (Lipinski definition) is 1. The van der Waals surface area contributed by atoms with Crippen LogP contribution in [0.25, 0.3) is 0 Å². The normalized spacial score (nSPS) is 40.5. The molecule has 1 heterocycles. The molecule has 1 nitrogen and oxygen atoms in total. The van der Waals surface area contributed by atoms with Crippen molar-refractivity contribution < 1.29 is 0 Å². The van der Waals surface area contributed by atoms with Gasteiger partial charge in [-0.3, -0.25) is 0 Å². The van der Waals surface area contributed by atoms with E-state index in [1.54, 1.807) is 0 Å². The molecule has 1 heteroatoms. The fraction of sp³-hybridized carbons (Fsp3) is 1.00. The number of rotatable bonds is 0. The monoisotopic (exact) mass is 141 g/mol. The van der Waals surface area contributed by atoms with Crippen molar-refractivity contribution in [1.29, 1.82) is 0 Å². The van der Waals surface area contributed by atoms with Crippen LogP contribution in [0, 0.1) is 11.3 Å². The fourth-order valence-corrected chi connectivity index (χ4v) is 1.81. The summed E-state index contributed by atoms with van der Waals surface area (Å²) >= 11 is 0. The molecule has 1 saturated heterocycles. The molecule has 0 aromatic rings. The smallest absolute Gasteiger partial charge is 0.0118 e. The van der Waals surface area contributed by atoms with Crippen molar-refractivity contribution in [2.45, 2.75) is 33.7 Å². The molecule has 0 aromatic heterocycles. The molecular formula is C9H19N. The van der Waals surface area contributed by atoms with Crippen molar-refractivity contribution in [1.82, 2.24) is 4.90 Å². The first-order chi connectivity index (χ1) is 4.46. The van der Waals surface area contributed by atoms with Crippen molar-refractivity contribution in [3.05, 3.63) is 0 Å². The molecule has 10 heavy (non-hydrogen) atoms. The summed E-state index contributed by atoms with van der Waals surface area (Å²) in [5.74, 6) is 0.840. The number of likely N-dealkylation sites (tertiary alicyclic amines) is 1. The van der Waals surface area contributed by atoms with Crippen LogP contribution in [0.4, 0.5) is 0 Å². The van der Waals surface area contributed by atoms with Gasteiger partial charge in [-0.15, -0.1) is 0 Å². The maximum Gasteiger partial charge on any atom is 0.0118 e. The molecule has 2 unspecified atom stereocenters. The summed E-state index contributed by atoms with van der Waals surface area (Å²) in [4.78, 5) is 2.45. The van der Waals surface area contributed by atoms with Gasteiger partial charge in [0.15, 0.2) is 0 Å². The van der Waals surface area contributed by atoms with Crippen molar-refractivity contribution >= 4 is 0 Å². The summed E-state index contributed by atoms with van der Waals surface area (Å²) < 4.78 is 0. The Balaban J connectivity index is 2.75. The molecule has 0 saturated carbocycles. The molecule has 0 N–H and O–H groups in total. The van der Waals surface area contributed by atoms with Crippen LogP contribution in [0.5, 0.6) is 0 Å². The van der Waals surface area contributed by atoms with Crippen molar-refractivity contribution in [2.24, 2.45) is 11.3 Å². The second-order valence-corrected chi connectivity index (χ2v) is 4.34. The number of nitrogens with zero attached hydrogens (tertiary/aromatic N) is 1. The highest BCUT2D eigenvalue weighted by Crippen LogP contribution is 2.39. The van der Waals surface area contributed by atoms with Crippen molar-refractivity contribution in [3.63, 3.8) is 0 Å². The van der Waals surface area contributed by atoms with E-state index in [1.165, 1.54) is 6.54 Å². The fourth-order valence-electron chi connectivity index (χ4n) is 1.81. The lowest BCUT2D eigenvalue weighted by atomic mass is 9.78. The predicted octanol–water partition coefficient (Wildman–Crippen LogP) is 1.98. The molecule has 0 spiro atoms. The van der Waals surface area contributed by atoms with Crippen molar-refractivity contribution in [3.8, 4) is 0 Å². The molecule has 0 aromatic carbocycles. The van der Waals surface area contributed by atoms with Gasteiger partial charge in [0.25, 0.3) is 0 Å². The lowest BCUT2D eigenvalue weighted by Crippen LogP contribution is -2.31. The molecule has 0 radical (unpaired) electrons. The Morgan fingerprint density at radius 2 is 1.80 bits per heavy atom. The quantitative estimate of drug-likeness (QED) is 0.498. The molecule has 0 amide bonds. The lowest BCUT2D eigenvalue weighted by molar-refractivity contribution is 0.211. The molecule has 0 aliphatic carbocycles. The van der Waals surface area contributed by atoms with E-state index in [0.717, 1.165) is 12.0 Å². The summed E-state index contributed by atoms with van der Waals surface area (Å²) in [6.07, 6.45) is 0. The van der Waals surface area contributed by atoms with Gasteiger partial charge in [-0.25, -0.2) is 0 Å². The van der Waals surface area contributed by atoms with Gasteiger partial charge in [0.05, 0.1) is 0 Å². The zero-order chi connectivity index (χ0) is 7.94. The Morgan fingerprint density at radius 1 is 1.30 bits per heavy atom. The van der Waals surface area contributed by atoms with Crippen LogP contribution < -0.4 is 0 Å². The van der Waals surface area contributed by atoms with Gasteiger partial charge in [0.2, 0.25) is 0 Å². The first-order valence-corrected chi connectivity index (χ1v) is 4.16. The molecule has 1 aliphatic heterocycles. The van der Waals surface area contributed by atoms with E-state index >= 15 is 0 Å². The lowest BCUT2D eigenvalue weighted by Gasteiger charge is -2.29. The molecule has 60 valence electrons. The summed E-state index contributed by atoms with van der Waals surface area (Å²) in [6.45, 7) is 10.7. The second-order valence-electron chi connectivity index (χ2n) is 4.34. The first-order valence-electron chi connectivity index (χ1n) is 4.16. The van der Waals surface area contributed by atoms with Gasteiger partial charge in [-0.05, 0) is 25.3 Å². The van der Waals surface area contributed by atoms with Crippen LogP contribution in [0.3, 0.4) is 0 Å². The van der Waals surface area contributed by atoms with Gasteiger partial charge in [-0.2, -0.15) is 0 Å². The van der Waals surface area contributed by atoms with Crippen LogP contribution in [0.15, 0.2) is 0 Å². The molecule has 0 bridgehead atoms. The molecular weight excluding hydrogens is 122 g/mol. The third-order valence-corrected chi connectivity index (χ3v) is 3.57. The molecule has 1 rings (SSSR count). The van der Waals surface area contributed by atoms with Crippen LogP contribution >= 0.6 is 0 Å². The Bertz CT molecular complexity index is 129. The van der Waals surface area contributed by atoms with E-state index in [0.29, 0.717) is 5.41 Å². The zero-order valence-corrected chi connectivity index (χ0v) is 7.81. The van der Waals surface area contributed by atoms with Crippen LogP contribution in [0.1, 0.15) is 27.7 Å². The van der Waals surface area contributed by atoms with E-state index in [4.69, 9.17) is 0 Å². The van der Waals surface area contributed by atoms with Crippen LogP contribution in [0.2, 0.25) is 0 Å². The third-order valence-electron chi connectivity index (χ3n) is 3.57. The largest absolute Gasteiger partial charge is 0.303 e. The average molecular weight is 141 g/mol. The van der Waals surface area contributed by atoms with Gasteiger partial charge >= 0.3 is 0 Å². The van der Waals surface area contributed by atoms with E-state index in [-0.39, 0.29) is 0 Å². The predicted molar refractivity (Wildman–Crippen MR) is 45.0 cm³/mol. The molecule has 1 aliphatic rings. The van der Waals surface area contributed by atoms with E-state index in [1.807, 2.05) is 0 Å². The van der Waals surface area contributed by atoms with Crippen LogP contribution in [-0.2, 0) is 0 Å². The van der Waals surface area contributed by atoms with E-state index in [2.05, 4.69) is 39.6 Å². The maximum absolute atomic E-state index is 2.45. The van der Waals surface area contributed by atoms with Gasteiger partial charge in [0, 0.05) is 12.6 Å². The highest BCUT2D eigenvalue weighted by Gasteiger charge is 2.40. The van der Waals surface area contributed by atoms with Gasteiger partial charge in [0.1, 0.15) is 0 Å². The minimum absolute atomic E-state index is 0.509. The van der Waals surface area contributed by atoms with Crippen molar-refractivity contribution in [2.75, 3.05) is 13.6 Å². The minimum Gasteiger partial charge on any atom is -0.303 e. The Kier molecular flexibility index (Phi) is 1.80. The summed E-state index contributed by atoms with van der Waals surface area (Å²) in [5.41, 5.74) is 0.509. The maximum atomic E-state index is 2.45. The summed E-state index contributed by atoms with van der Waals surface area (Å²) in [6, 6.07) is 0.738. The summed E-state index contributed by atoms with van der Waals surface area (Å²) in [7, 11) is 2.22. The highest BCUT2D eigenvalue weighted by atomic mass is 15.2. The molecule has 1 fully saturated rings.